The van der Waals surface area contributed by atoms with Gasteiger partial charge in [0.25, 0.3) is 11.8 Å². The maximum atomic E-state index is 13.3. The number of carbonyl (C=O) groups excluding carboxylic acids is 3. The monoisotopic (exact) mass is 475 g/mol. The van der Waals surface area contributed by atoms with Gasteiger partial charge in [-0.2, -0.15) is 0 Å². The summed E-state index contributed by atoms with van der Waals surface area (Å²) < 4.78 is 0. The number of carbonyl (C=O) groups is 3. The standard InChI is InChI=1S/C25H25N5O3S/c1-15-6-8-16(9-7-15)13-26-21(31)22-29-28-20(34-22)14-30-23(32)25(2,27-24(30)33)19-11-10-17-4-3-5-18(17)12-19/h6-12H,3-5,13-14H2,1-2H3,(H,26,31)(H,27,33)/t25-/m0/s1. The number of aryl methyl sites for hydroxylation is 3. The number of amides is 4. The number of aromatic nitrogens is 2. The van der Waals surface area contributed by atoms with Crippen molar-refractivity contribution in [3.63, 3.8) is 0 Å². The van der Waals surface area contributed by atoms with Gasteiger partial charge in [-0.15, -0.1) is 10.2 Å². The molecule has 1 aliphatic carbocycles. The molecule has 9 heteroatoms. The summed E-state index contributed by atoms with van der Waals surface area (Å²) in [5.74, 6) is -0.680. The molecule has 1 fully saturated rings. The minimum Gasteiger partial charge on any atom is -0.346 e. The zero-order valence-electron chi connectivity index (χ0n) is 19.1. The number of hydrogen-bond acceptors (Lipinski definition) is 6. The Kier molecular flexibility index (Phi) is 5.65. The van der Waals surface area contributed by atoms with E-state index in [2.05, 4.69) is 26.9 Å². The van der Waals surface area contributed by atoms with Crippen LogP contribution in [0.5, 0.6) is 0 Å². The molecule has 2 aliphatic rings. The van der Waals surface area contributed by atoms with Crippen molar-refractivity contribution >= 4 is 29.2 Å². The molecular weight excluding hydrogens is 450 g/mol. The Labute approximate surface area is 201 Å². The average Bonchev–Trinajstić information content (AvgIpc) is 3.54. The number of imide groups is 1. The molecule has 1 aliphatic heterocycles. The third kappa shape index (κ3) is 4.07. The fraction of sp³-hybridized carbons (Fsp3) is 0.320. The molecule has 2 heterocycles. The maximum Gasteiger partial charge on any atom is 0.325 e. The van der Waals surface area contributed by atoms with Crippen molar-refractivity contribution < 1.29 is 14.4 Å². The molecule has 4 amide bonds. The van der Waals surface area contributed by atoms with E-state index >= 15 is 0 Å². The van der Waals surface area contributed by atoms with E-state index in [-0.39, 0.29) is 23.4 Å². The van der Waals surface area contributed by atoms with Gasteiger partial charge >= 0.3 is 6.03 Å². The van der Waals surface area contributed by atoms with Crippen LogP contribution in [0.15, 0.2) is 42.5 Å². The molecule has 1 aromatic heterocycles. The van der Waals surface area contributed by atoms with Gasteiger partial charge in [-0.3, -0.25) is 14.5 Å². The first-order valence-electron chi connectivity index (χ1n) is 11.3. The molecule has 5 rings (SSSR count). The van der Waals surface area contributed by atoms with Crippen LogP contribution in [0.1, 0.15) is 56.0 Å². The Morgan fingerprint density at radius 3 is 2.68 bits per heavy atom. The molecule has 3 aromatic rings. The minimum absolute atomic E-state index is 0.0336. The van der Waals surface area contributed by atoms with E-state index in [0.29, 0.717) is 11.6 Å². The summed E-state index contributed by atoms with van der Waals surface area (Å²) in [5.41, 5.74) is 4.33. The predicted molar refractivity (Wildman–Crippen MR) is 127 cm³/mol. The number of nitrogens with one attached hydrogen (secondary N) is 2. The first-order chi connectivity index (χ1) is 16.3. The van der Waals surface area contributed by atoms with Crippen LogP contribution in [-0.2, 0) is 36.3 Å². The van der Waals surface area contributed by atoms with Crippen LogP contribution >= 0.6 is 11.3 Å². The number of hydrogen-bond donors (Lipinski definition) is 2. The highest BCUT2D eigenvalue weighted by Crippen LogP contribution is 2.33. The van der Waals surface area contributed by atoms with Gasteiger partial charge in [-0.25, -0.2) is 4.79 Å². The molecule has 0 bridgehead atoms. The number of urea groups is 1. The van der Waals surface area contributed by atoms with Crippen LogP contribution < -0.4 is 10.6 Å². The Hall–Kier alpha value is -3.59. The topological polar surface area (TPSA) is 104 Å². The van der Waals surface area contributed by atoms with Crippen molar-refractivity contribution in [2.24, 2.45) is 0 Å². The van der Waals surface area contributed by atoms with Crippen LogP contribution in [0.4, 0.5) is 4.79 Å². The molecule has 34 heavy (non-hydrogen) atoms. The quantitative estimate of drug-likeness (QED) is 0.533. The van der Waals surface area contributed by atoms with Crippen LogP contribution in [0.2, 0.25) is 0 Å². The normalized spacial score (nSPS) is 19.3. The largest absolute Gasteiger partial charge is 0.346 e. The molecule has 174 valence electrons. The Bertz CT molecular complexity index is 1290. The lowest BCUT2D eigenvalue weighted by atomic mass is 9.90. The Morgan fingerprint density at radius 2 is 1.88 bits per heavy atom. The van der Waals surface area contributed by atoms with Gasteiger partial charge in [-0.1, -0.05) is 59.4 Å². The fourth-order valence-electron chi connectivity index (χ4n) is 4.43. The summed E-state index contributed by atoms with van der Waals surface area (Å²) in [5, 5.41) is 14.3. The number of fused-ring (bicyclic) bond motifs is 1. The lowest BCUT2D eigenvalue weighted by molar-refractivity contribution is -0.131. The SMILES string of the molecule is Cc1ccc(CNC(=O)c2nnc(CN3C(=O)N[C@@](C)(c4ccc5c(c4)CCC5)C3=O)s2)cc1. The second-order valence-corrected chi connectivity index (χ2v) is 10.0. The fourth-order valence-corrected chi connectivity index (χ4v) is 5.17. The van der Waals surface area contributed by atoms with E-state index in [1.165, 1.54) is 11.1 Å². The summed E-state index contributed by atoms with van der Waals surface area (Å²) in [6.45, 7) is 4.08. The third-order valence-corrected chi connectivity index (χ3v) is 7.39. The van der Waals surface area contributed by atoms with E-state index in [4.69, 9.17) is 0 Å². The van der Waals surface area contributed by atoms with Crippen LogP contribution in [0.3, 0.4) is 0 Å². The van der Waals surface area contributed by atoms with Crippen LogP contribution in [-0.4, -0.2) is 32.9 Å². The van der Waals surface area contributed by atoms with Gasteiger partial charge in [-0.05, 0) is 55.4 Å². The zero-order valence-corrected chi connectivity index (χ0v) is 19.9. The third-order valence-electron chi connectivity index (χ3n) is 6.48. The summed E-state index contributed by atoms with van der Waals surface area (Å²) in [7, 11) is 0. The van der Waals surface area contributed by atoms with Crippen molar-refractivity contribution in [3.8, 4) is 0 Å². The van der Waals surface area contributed by atoms with Crippen molar-refractivity contribution in [2.75, 3.05) is 0 Å². The molecule has 0 saturated carbocycles. The molecule has 2 N–H and O–H groups in total. The smallest absolute Gasteiger partial charge is 0.325 e. The predicted octanol–water partition coefficient (Wildman–Crippen LogP) is 3.23. The van der Waals surface area contributed by atoms with E-state index in [1.807, 2.05) is 43.3 Å². The van der Waals surface area contributed by atoms with Crippen molar-refractivity contribution in [1.82, 2.24) is 25.7 Å². The molecule has 1 saturated heterocycles. The highest BCUT2D eigenvalue weighted by molar-refractivity contribution is 7.13. The highest BCUT2D eigenvalue weighted by atomic mass is 32.1. The molecule has 0 unspecified atom stereocenters. The summed E-state index contributed by atoms with van der Waals surface area (Å²) in [6, 6.07) is 13.4. The average molecular weight is 476 g/mol. The van der Waals surface area contributed by atoms with Gasteiger partial charge in [0.05, 0.1) is 6.54 Å². The Balaban J connectivity index is 1.26. The lowest BCUT2D eigenvalue weighted by Gasteiger charge is -2.23. The second-order valence-electron chi connectivity index (χ2n) is 8.95. The highest BCUT2D eigenvalue weighted by Gasteiger charge is 2.49. The van der Waals surface area contributed by atoms with Gasteiger partial charge in [0.2, 0.25) is 5.01 Å². The first kappa shape index (κ1) is 22.2. The maximum absolute atomic E-state index is 13.3. The van der Waals surface area contributed by atoms with Gasteiger partial charge in [0.1, 0.15) is 10.5 Å². The second kappa shape index (κ2) is 8.64. The summed E-state index contributed by atoms with van der Waals surface area (Å²) in [6.07, 6.45) is 3.15. The summed E-state index contributed by atoms with van der Waals surface area (Å²) >= 11 is 1.07. The van der Waals surface area contributed by atoms with Gasteiger partial charge < -0.3 is 10.6 Å². The summed E-state index contributed by atoms with van der Waals surface area (Å²) in [4.78, 5) is 39.6. The van der Waals surface area contributed by atoms with Crippen molar-refractivity contribution in [2.45, 2.75) is 51.7 Å². The van der Waals surface area contributed by atoms with E-state index in [1.54, 1.807) is 6.92 Å². The molecule has 0 spiro atoms. The van der Waals surface area contributed by atoms with Crippen LogP contribution in [0, 0.1) is 6.92 Å². The number of nitrogens with zero attached hydrogens (tertiary/aromatic N) is 3. The van der Waals surface area contributed by atoms with E-state index in [0.717, 1.165) is 52.2 Å². The van der Waals surface area contributed by atoms with Crippen molar-refractivity contribution in [3.05, 3.63) is 80.3 Å². The van der Waals surface area contributed by atoms with E-state index < -0.39 is 11.6 Å². The van der Waals surface area contributed by atoms with Crippen molar-refractivity contribution in [1.29, 1.82) is 0 Å². The lowest BCUT2D eigenvalue weighted by Crippen LogP contribution is -2.40. The molecular formula is C25H25N5O3S. The molecule has 0 radical (unpaired) electrons. The first-order valence-corrected chi connectivity index (χ1v) is 12.1. The van der Waals surface area contributed by atoms with Crippen LogP contribution in [0.25, 0.3) is 0 Å². The van der Waals surface area contributed by atoms with E-state index in [9.17, 15) is 14.4 Å². The number of benzene rings is 2. The zero-order chi connectivity index (χ0) is 23.9. The Morgan fingerprint density at radius 1 is 1.12 bits per heavy atom. The number of rotatable bonds is 6. The minimum atomic E-state index is -1.13. The van der Waals surface area contributed by atoms with Gasteiger partial charge in [0, 0.05) is 6.54 Å². The molecule has 1 atom stereocenters. The van der Waals surface area contributed by atoms with Gasteiger partial charge in [0.15, 0.2) is 0 Å². The molecule has 2 aromatic carbocycles. The molecule has 8 nitrogen and oxygen atoms in total.